The maximum atomic E-state index is 13.3. The van der Waals surface area contributed by atoms with E-state index in [-0.39, 0.29) is 5.91 Å². The summed E-state index contributed by atoms with van der Waals surface area (Å²) in [5.41, 5.74) is 3.89. The predicted molar refractivity (Wildman–Crippen MR) is 128 cm³/mol. The quantitative estimate of drug-likeness (QED) is 0.574. The van der Waals surface area contributed by atoms with Crippen molar-refractivity contribution in [3.05, 3.63) is 59.3 Å². The number of aromatic nitrogens is 2. The minimum absolute atomic E-state index is 0.0258. The van der Waals surface area contributed by atoms with Crippen molar-refractivity contribution >= 4 is 16.8 Å². The van der Waals surface area contributed by atoms with Gasteiger partial charge in [0.1, 0.15) is 5.75 Å². The average Bonchev–Trinajstić information content (AvgIpc) is 3.24. The molecule has 0 spiro atoms. The fourth-order valence-electron chi connectivity index (χ4n) is 4.73. The number of aryl methyl sites for hydroxylation is 1. The first-order chi connectivity index (χ1) is 15.6. The minimum Gasteiger partial charge on any atom is -0.497 e. The molecule has 1 fully saturated rings. The number of carbonyl (C=O) groups excluding carboxylic acids is 1. The molecule has 0 aliphatic carbocycles. The summed E-state index contributed by atoms with van der Waals surface area (Å²) in [5.74, 6) is 1.43. The van der Waals surface area contributed by atoms with Crippen LogP contribution in [0.15, 0.2) is 42.5 Å². The van der Waals surface area contributed by atoms with E-state index in [0.717, 1.165) is 54.8 Å². The van der Waals surface area contributed by atoms with Gasteiger partial charge < -0.3 is 14.5 Å². The van der Waals surface area contributed by atoms with E-state index in [1.165, 1.54) is 18.4 Å². The zero-order chi connectivity index (χ0) is 22.5. The lowest BCUT2D eigenvalue weighted by atomic mass is 9.96. The Hall–Kier alpha value is -2.86. The van der Waals surface area contributed by atoms with Gasteiger partial charge >= 0.3 is 0 Å². The molecular formula is C26H34N4O2. The van der Waals surface area contributed by atoms with Crippen LogP contribution in [0.2, 0.25) is 0 Å². The molecular weight excluding hydrogens is 400 g/mol. The summed E-state index contributed by atoms with van der Waals surface area (Å²) in [5, 5.41) is 8.28. The van der Waals surface area contributed by atoms with Crippen LogP contribution in [0.25, 0.3) is 10.9 Å². The van der Waals surface area contributed by atoms with Gasteiger partial charge in [-0.15, -0.1) is 0 Å². The Morgan fingerprint density at radius 1 is 1.28 bits per heavy atom. The average molecular weight is 435 g/mol. The van der Waals surface area contributed by atoms with E-state index < -0.39 is 0 Å². The van der Waals surface area contributed by atoms with Gasteiger partial charge in [0.25, 0.3) is 5.91 Å². The van der Waals surface area contributed by atoms with Crippen LogP contribution in [0.5, 0.6) is 5.75 Å². The number of ether oxygens (including phenoxy) is 1. The molecule has 3 aromatic rings. The predicted octanol–water partition coefficient (Wildman–Crippen LogP) is 4.30. The smallest absolute Gasteiger partial charge is 0.274 e. The van der Waals surface area contributed by atoms with Gasteiger partial charge in [0.2, 0.25) is 0 Å². The standard InChI is InChI=1S/C26H34N4O2/c1-4-30(26(31)25-23-15-19(2)10-11-24(23)27-28-25)18-21-8-6-13-29(17-21)14-12-20-7-5-9-22(16-20)32-3/h5,7,9-11,15-16,21H,4,6,8,12-14,17-18H2,1-3H3,(H,27,28)/t21-/m0/s1. The van der Waals surface area contributed by atoms with Crippen LogP contribution in [0.1, 0.15) is 41.4 Å². The van der Waals surface area contributed by atoms with Crippen molar-refractivity contribution in [3.8, 4) is 5.75 Å². The van der Waals surface area contributed by atoms with Crippen molar-refractivity contribution in [2.24, 2.45) is 5.92 Å². The lowest BCUT2D eigenvalue weighted by Crippen LogP contribution is -2.43. The Morgan fingerprint density at radius 3 is 2.97 bits per heavy atom. The number of nitrogens with zero attached hydrogens (tertiary/aromatic N) is 3. The highest BCUT2D eigenvalue weighted by Crippen LogP contribution is 2.22. The summed E-state index contributed by atoms with van der Waals surface area (Å²) in [7, 11) is 1.71. The Bertz CT molecular complexity index is 1060. The van der Waals surface area contributed by atoms with Crippen molar-refractivity contribution in [1.82, 2.24) is 20.0 Å². The van der Waals surface area contributed by atoms with Gasteiger partial charge in [-0.25, -0.2) is 0 Å². The number of carbonyl (C=O) groups is 1. The van der Waals surface area contributed by atoms with Crippen molar-refractivity contribution in [2.75, 3.05) is 39.8 Å². The highest BCUT2D eigenvalue weighted by molar-refractivity contribution is 6.04. The second kappa shape index (κ2) is 10.2. The lowest BCUT2D eigenvalue weighted by Gasteiger charge is -2.35. The normalized spacial score (nSPS) is 16.9. The number of methoxy groups -OCH3 is 1. The molecule has 6 heteroatoms. The van der Waals surface area contributed by atoms with Crippen LogP contribution in [0.4, 0.5) is 0 Å². The summed E-state index contributed by atoms with van der Waals surface area (Å²) < 4.78 is 5.35. The van der Waals surface area contributed by atoms with Crippen molar-refractivity contribution < 1.29 is 9.53 Å². The van der Waals surface area contributed by atoms with E-state index >= 15 is 0 Å². The summed E-state index contributed by atoms with van der Waals surface area (Å²) in [6.45, 7) is 8.78. The molecule has 1 aliphatic rings. The van der Waals surface area contributed by atoms with Gasteiger partial charge in [0.05, 0.1) is 12.6 Å². The Morgan fingerprint density at radius 2 is 2.16 bits per heavy atom. The van der Waals surface area contributed by atoms with E-state index in [1.807, 2.05) is 36.1 Å². The molecule has 32 heavy (non-hydrogen) atoms. The third-order valence-corrected chi connectivity index (χ3v) is 6.52. The van der Waals surface area contributed by atoms with E-state index in [1.54, 1.807) is 7.11 Å². The second-order valence-corrected chi connectivity index (χ2v) is 8.88. The number of fused-ring (bicyclic) bond motifs is 1. The second-order valence-electron chi connectivity index (χ2n) is 8.88. The van der Waals surface area contributed by atoms with Gasteiger partial charge in [0.15, 0.2) is 5.69 Å². The molecule has 0 saturated carbocycles. The molecule has 2 heterocycles. The summed E-state index contributed by atoms with van der Waals surface area (Å²) in [6.07, 6.45) is 3.36. The molecule has 0 radical (unpaired) electrons. The van der Waals surface area contributed by atoms with Gasteiger partial charge in [0, 0.05) is 31.6 Å². The van der Waals surface area contributed by atoms with Crippen LogP contribution >= 0.6 is 0 Å². The van der Waals surface area contributed by atoms with Gasteiger partial charge in [-0.1, -0.05) is 23.8 Å². The number of aromatic amines is 1. The molecule has 0 unspecified atom stereocenters. The number of amides is 1. The number of rotatable bonds is 8. The van der Waals surface area contributed by atoms with Crippen LogP contribution in [0, 0.1) is 12.8 Å². The van der Waals surface area contributed by atoms with Gasteiger partial charge in [-0.05, 0) is 75.4 Å². The monoisotopic (exact) mass is 434 g/mol. The summed E-state index contributed by atoms with van der Waals surface area (Å²) in [4.78, 5) is 17.8. The number of hydrogen-bond donors (Lipinski definition) is 1. The molecule has 4 rings (SSSR count). The van der Waals surface area contributed by atoms with Gasteiger partial charge in [-0.2, -0.15) is 5.10 Å². The highest BCUT2D eigenvalue weighted by atomic mass is 16.5. The summed E-state index contributed by atoms with van der Waals surface area (Å²) >= 11 is 0. The molecule has 1 atom stereocenters. The molecule has 1 aromatic heterocycles. The SMILES string of the molecule is CCN(C[C@H]1CCCN(CCc2cccc(OC)c2)C1)C(=O)c1n[nH]c2ccc(C)cc12. The minimum atomic E-state index is 0.0258. The molecule has 170 valence electrons. The molecule has 0 bridgehead atoms. The number of H-pyrrole nitrogens is 1. The highest BCUT2D eigenvalue weighted by Gasteiger charge is 2.26. The van der Waals surface area contributed by atoms with Crippen LogP contribution in [-0.4, -0.2) is 65.7 Å². The van der Waals surface area contributed by atoms with Crippen LogP contribution in [-0.2, 0) is 6.42 Å². The van der Waals surface area contributed by atoms with Gasteiger partial charge in [-0.3, -0.25) is 9.89 Å². The number of hydrogen-bond acceptors (Lipinski definition) is 4. The number of piperidine rings is 1. The van der Waals surface area contributed by atoms with Crippen molar-refractivity contribution in [3.63, 3.8) is 0 Å². The lowest BCUT2D eigenvalue weighted by molar-refractivity contribution is 0.0687. The number of likely N-dealkylation sites (tertiary alicyclic amines) is 1. The molecule has 1 N–H and O–H groups in total. The third-order valence-electron chi connectivity index (χ3n) is 6.52. The third kappa shape index (κ3) is 5.13. The van der Waals surface area contributed by atoms with E-state index in [9.17, 15) is 4.79 Å². The zero-order valence-corrected chi connectivity index (χ0v) is 19.4. The van der Waals surface area contributed by atoms with Crippen molar-refractivity contribution in [1.29, 1.82) is 0 Å². The first kappa shape index (κ1) is 22.3. The van der Waals surface area contributed by atoms with Crippen molar-refractivity contribution in [2.45, 2.75) is 33.1 Å². The number of benzene rings is 2. The zero-order valence-electron chi connectivity index (χ0n) is 19.4. The molecule has 6 nitrogen and oxygen atoms in total. The Labute approximate surface area is 190 Å². The van der Waals surface area contributed by atoms with E-state index in [2.05, 4.69) is 40.2 Å². The Balaban J connectivity index is 1.37. The molecule has 1 saturated heterocycles. The maximum Gasteiger partial charge on any atom is 0.274 e. The fraction of sp³-hybridized carbons (Fsp3) is 0.462. The van der Waals surface area contributed by atoms with E-state index in [0.29, 0.717) is 18.2 Å². The molecule has 1 amide bonds. The number of nitrogens with one attached hydrogen (secondary N) is 1. The molecule has 2 aromatic carbocycles. The molecule has 1 aliphatic heterocycles. The van der Waals surface area contributed by atoms with Crippen LogP contribution < -0.4 is 4.74 Å². The van der Waals surface area contributed by atoms with Crippen LogP contribution in [0.3, 0.4) is 0 Å². The maximum absolute atomic E-state index is 13.3. The summed E-state index contributed by atoms with van der Waals surface area (Å²) in [6, 6.07) is 14.4. The topological polar surface area (TPSA) is 61.5 Å². The largest absolute Gasteiger partial charge is 0.497 e. The Kier molecular flexibility index (Phi) is 7.10. The van der Waals surface area contributed by atoms with E-state index in [4.69, 9.17) is 4.74 Å². The first-order valence-electron chi connectivity index (χ1n) is 11.7. The fourth-order valence-corrected chi connectivity index (χ4v) is 4.73. The first-order valence-corrected chi connectivity index (χ1v) is 11.7.